The Kier molecular flexibility index (Phi) is 6.04. The molecule has 0 radical (unpaired) electrons. The van der Waals surface area contributed by atoms with E-state index in [4.69, 9.17) is 0 Å². The molecule has 0 saturated heterocycles. The van der Waals surface area contributed by atoms with E-state index in [1.165, 1.54) is 0 Å². The zero-order valence-corrected chi connectivity index (χ0v) is 18.0. The van der Waals surface area contributed by atoms with Crippen molar-refractivity contribution >= 4 is 21.6 Å². The van der Waals surface area contributed by atoms with Crippen LogP contribution in [0, 0.1) is 5.92 Å². The highest BCUT2D eigenvalue weighted by atomic mass is 32.2. The Morgan fingerprint density at radius 1 is 1.10 bits per heavy atom. The molecule has 1 aromatic heterocycles. The van der Waals surface area contributed by atoms with Gasteiger partial charge >= 0.3 is 0 Å². The van der Waals surface area contributed by atoms with Crippen molar-refractivity contribution in [1.29, 1.82) is 0 Å². The van der Waals surface area contributed by atoms with Crippen LogP contribution in [0.4, 0.5) is 5.69 Å². The first-order chi connectivity index (χ1) is 13.6. The second-order valence-electron chi connectivity index (χ2n) is 8.47. The van der Waals surface area contributed by atoms with Crippen LogP contribution in [0.1, 0.15) is 46.5 Å². The second kappa shape index (κ2) is 8.19. The summed E-state index contributed by atoms with van der Waals surface area (Å²) >= 11 is 0. The first-order valence-corrected chi connectivity index (χ1v) is 11.2. The van der Waals surface area contributed by atoms with E-state index in [1.54, 1.807) is 32.5 Å². The zero-order chi connectivity index (χ0) is 21.2. The maximum atomic E-state index is 12.6. The highest BCUT2D eigenvalue weighted by Crippen LogP contribution is 2.28. The molecule has 29 heavy (non-hydrogen) atoms. The summed E-state index contributed by atoms with van der Waals surface area (Å²) in [5.74, 6) is 0.502. The average molecular weight is 421 g/mol. The Morgan fingerprint density at radius 2 is 1.72 bits per heavy atom. The van der Waals surface area contributed by atoms with Crippen molar-refractivity contribution in [3.63, 3.8) is 0 Å². The number of aromatic nitrogens is 4. The van der Waals surface area contributed by atoms with E-state index in [0.717, 1.165) is 5.56 Å². The second-order valence-corrected chi connectivity index (χ2v) is 10.9. The molecule has 2 N–H and O–H groups in total. The lowest BCUT2D eigenvalue weighted by Gasteiger charge is -2.30. The third-order valence-electron chi connectivity index (χ3n) is 5.26. The standard InChI is InChI=1S/C19H28N6O3S/c1-19(2,3)29(27,28)22-16-11-7-14(8-12-16)18(26)20-15-9-5-13(6-10-15)17-21-23-24-25(17)4/h5-6,9-10,14,16,22H,7-8,11-12H2,1-4H3,(H,20,26). The van der Waals surface area contributed by atoms with Crippen molar-refractivity contribution in [3.8, 4) is 11.4 Å². The monoisotopic (exact) mass is 420 g/mol. The number of anilines is 1. The third-order valence-corrected chi connectivity index (χ3v) is 7.51. The van der Waals surface area contributed by atoms with Crippen molar-refractivity contribution in [3.05, 3.63) is 24.3 Å². The quantitative estimate of drug-likeness (QED) is 0.764. The van der Waals surface area contributed by atoms with E-state index in [-0.39, 0.29) is 17.9 Å². The minimum Gasteiger partial charge on any atom is -0.326 e. The van der Waals surface area contributed by atoms with Crippen LogP contribution < -0.4 is 10.0 Å². The van der Waals surface area contributed by atoms with Crippen LogP contribution >= 0.6 is 0 Å². The first-order valence-electron chi connectivity index (χ1n) is 9.72. The number of carbonyl (C=O) groups excluding carboxylic acids is 1. The molecular formula is C19H28N6O3S. The van der Waals surface area contributed by atoms with E-state index in [9.17, 15) is 13.2 Å². The fourth-order valence-corrected chi connectivity index (χ4v) is 4.32. The maximum absolute atomic E-state index is 12.6. The van der Waals surface area contributed by atoms with Gasteiger partial charge in [0.15, 0.2) is 5.82 Å². The van der Waals surface area contributed by atoms with Gasteiger partial charge in [0.1, 0.15) is 0 Å². The Hall–Kier alpha value is -2.33. The molecule has 1 fully saturated rings. The molecule has 158 valence electrons. The molecule has 10 heteroatoms. The molecular weight excluding hydrogens is 392 g/mol. The van der Waals surface area contributed by atoms with Gasteiger partial charge in [-0.05, 0) is 81.1 Å². The summed E-state index contributed by atoms with van der Waals surface area (Å²) in [5.41, 5.74) is 1.58. The lowest BCUT2D eigenvalue weighted by atomic mass is 9.86. The van der Waals surface area contributed by atoms with Crippen molar-refractivity contribution in [2.24, 2.45) is 13.0 Å². The van der Waals surface area contributed by atoms with Crippen molar-refractivity contribution in [2.45, 2.75) is 57.2 Å². The molecule has 2 aromatic rings. The fourth-order valence-electron chi connectivity index (χ4n) is 3.29. The molecule has 1 saturated carbocycles. The number of rotatable bonds is 5. The molecule has 0 unspecified atom stereocenters. The molecule has 1 aromatic carbocycles. The minimum atomic E-state index is -3.38. The normalized spacial score (nSPS) is 20.4. The van der Waals surface area contributed by atoms with E-state index >= 15 is 0 Å². The fraction of sp³-hybridized carbons (Fsp3) is 0.579. The third kappa shape index (κ3) is 4.99. The summed E-state index contributed by atoms with van der Waals surface area (Å²) in [5, 5.41) is 14.3. The van der Waals surface area contributed by atoms with Gasteiger partial charge in [0.2, 0.25) is 15.9 Å². The molecule has 9 nitrogen and oxygen atoms in total. The van der Waals surface area contributed by atoms with Gasteiger partial charge in [-0.1, -0.05) is 0 Å². The number of nitrogens with zero attached hydrogens (tertiary/aromatic N) is 4. The minimum absolute atomic E-state index is 0.0322. The Morgan fingerprint density at radius 3 is 2.24 bits per heavy atom. The van der Waals surface area contributed by atoms with Crippen molar-refractivity contribution in [2.75, 3.05) is 5.32 Å². The summed E-state index contributed by atoms with van der Waals surface area (Å²) in [7, 11) is -1.61. The Bertz CT molecular complexity index is 955. The molecule has 3 rings (SSSR count). The molecule has 1 heterocycles. The average Bonchev–Trinajstić information content (AvgIpc) is 3.07. The van der Waals surface area contributed by atoms with Crippen LogP contribution in [0.25, 0.3) is 11.4 Å². The maximum Gasteiger partial charge on any atom is 0.227 e. The number of benzene rings is 1. The summed E-state index contributed by atoms with van der Waals surface area (Å²) in [4.78, 5) is 12.6. The lowest BCUT2D eigenvalue weighted by Crippen LogP contribution is -2.46. The summed E-state index contributed by atoms with van der Waals surface area (Å²) in [6.45, 7) is 5.04. The number of aryl methyl sites for hydroxylation is 1. The van der Waals surface area contributed by atoms with E-state index in [2.05, 4.69) is 25.6 Å². The zero-order valence-electron chi connectivity index (χ0n) is 17.2. The molecule has 1 aliphatic carbocycles. The largest absolute Gasteiger partial charge is 0.326 e. The van der Waals surface area contributed by atoms with Crippen LogP contribution in [0.5, 0.6) is 0 Å². The number of amides is 1. The Balaban J connectivity index is 1.53. The highest BCUT2D eigenvalue weighted by molar-refractivity contribution is 7.90. The van der Waals surface area contributed by atoms with Crippen molar-refractivity contribution in [1.82, 2.24) is 24.9 Å². The van der Waals surface area contributed by atoms with Crippen molar-refractivity contribution < 1.29 is 13.2 Å². The van der Waals surface area contributed by atoms with Gasteiger partial charge in [-0.3, -0.25) is 4.79 Å². The number of tetrazole rings is 1. The molecule has 1 aliphatic rings. The predicted octanol–water partition coefficient (Wildman–Crippen LogP) is 2.09. The smallest absolute Gasteiger partial charge is 0.227 e. The summed E-state index contributed by atoms with van der Waals surface area (Å²) in [6, 6.07) is 7.26. The molecule has 0 bridgehead atoms. The van der Waals surface area contributed by atoms with Gasteiger partial charge < -0.3 is 5.32 Å². The van der Waals surface area contributed by atoms with Gasteiger partial charge in [0.25, 0.3) is 0 Å². The van der Waals surface area contributed by atoms with E-state index in [1.807, 2.05) is 24.3 Å². The van der Waals surface area contributed by atoms with Crippen LogP contribution in [0.2, 0.25) is 0 Å². The van der Waals surface area contributed by atoms with Gasteiger partial charge in [-0.2, -0.15) is 0 Å². The molecule has 0 atom stereocenters. The Labute approximate surface area is 171 Å². The van der Waals surface area contributed by atoms with Crippen LogP contribution in [0.3, 0.4) is 0 Å². The van der Waals surface area contributed by atoms with Crippen LogP contribution in [-0.4, -0.2) is 45.3 Å². The SMILES string of the molecule is Cn1nnnc1-c1ccc(NC(=O)C2CCC(NS(=O)(=O)C(C)(C)C)CC2)cc1. The summed E-state index contributed by atoms with van der Waals surface area (Å²) in [6.07, 6.45) is 2.63. The molecule has 1 amide bonds. The topological polar surface area (TPSA) is 119 Å². The van der Waals surface area contributed by atoms with E-state index < -0.39 is 14.8 Å². The number of carbonyl (C=O) groups is 1. The van der Waals surface area contributed by atoms with Gasteiger partial charge in [0.05, 0.1) is 4.75 Å². The van der Waals surface area contributed by atoms with Gasteiger partial charge in [-0.25, -0.2) is 17.8 Å². The highest BCUT2D eigenvalue weighted by Gasteiger charge is 2.34. The van der Waals surface area contributed by atoms with Gasteiger partial charge in [-0.15, -0.1) is 5.10 Å². The number of hydrogen-bond acceptors (Lipinski definition) is 6. The molecule has 0 spiro atoms. The number of hydrogen-bond donors (Lipinski definition) is 2. The van der Waals surface area contributed by atoms with Crippen LogP contribution in [-0.2, 0) is 21.9 Å². The number of sulfonamides is 1. The van der Waals surface area contributed by atoms with Crippen LogP contribution in [0.15, 0.2) is 24.3 Å². The number of nitrogens with one attached hydrogen (secondary N) is 2. The van der Waals surface area contributed by atoms with Gasteiger partial charge in [0, 0.05) is 30.3 Å². The molecule has 0 aliphatic heterocycles. The first kappa shape index (κ1) is 21.4. The van der Waals surface area contributed by atoms with E-state index in [0.29, 0.717) is 37.2 Å². The lowest BCUT2D eigenvalue weighted by molar-refractivity contribution is -0.120. The summed E-state index contributed by atoms with van der Waals surface area (Å²) < 4.78 is 28.1. The predicted molar refractivity (Wildman–Crippen MR) is 110 cm³/mol.